The quantitative estimate of drug-likeness (QED) is 0.419. The van der Waals surface area contributed by atoms with Gasteiger partial charge in [0, 0.05) is 43.2 Å². The lowest BCUT2D eigenvalue weighted by Gasteiger charge is -2.35. The maximum Gasteiger partial charge on any atom is 0.321 e. The molecule has 2 fully saturated rings. The summed E-state index contributed by atoms with van der Waals surface area (Å²) in [5.41, 5.74) is 3.35. The Hall–Kier alpha value is -3.92. The molecule has 4 N–H and O–H groups in total. The maximum absolute atomic E-state index is 12.2. The van der Waals surface area contributed by atoms with E-state index in [0.29, 0.717) is 43.5 Å². The lowest BCUT2D eigenvalue weighted by atomic mass is 10.00. The molecular weight excluding hydrogens is 432 g/mol. The van der Waals surface area contributed by atoms with Crippen molar-refractivity contribution in [3.63, 3.8) is 0 Å². The number of pyridine rings is 1. The summed E-state index contributed by atoms with van der Waals surface area (Å²) >= 11 is 0. The average molecular weight is 461 g/mol. The number of urea groups is 1. The fourth-order valence-corrected chi connectivity index (χ4v) is 4.39. The van der Waals surface area contributed by atoms with Crippen molar-refractivity contribution in [2.45, 2.75) is 19.4 Å². The number of hydrogen-bond donors (Lipinski definition) is 4. The third kappa shape index (κ3) is 4.32. The van der Waals surface area contributed by atoms with E-state index >= 15 is 0 Å². The lowest BCUT2D eigenvalue weighted by Crippen LogP contribution is -2.46. The SMILES string of the molecule is C[C@@H]1COCCN1c1cc(-c2ccc(N3CCCNC3=O)cc2)c(C=N)c(Nc2ccn[nH]2)n1. The zero-order chi connectivity index (χ0) is 23.5. The van der Waals surface area contributed by atoms with Crippen molar-refractivity contribution in [3.05, 3.63) is 48.2 Å². The second-order valence-corrected chi connectivity index (χ2v) is 8.43. The first-order chi connectivity index (χ1) is 16.6. The number of anilines is 4. The zero-order valence-electron chi connectivity index (χ0n) is 19.0. The van der Waals surface area contributed by atoms with Crippen LogP contribution in [0.15, 0.2) is 42.6 Å². The highest BCUT2D eigenvalue weighted by Crippen LogP contribution is 2.34. The molecule has 5 rings (SSSR count). The Morgan fingerprint density at radius 1 is 1.24 bits per heavy atom. The van der Waals surface area contributed by atoms with E-state index in [4.69, 9.17) is 15.1 Å². The number of nitrogens with zero attached hydrogens (tertiary/aromatic N) is 4. The average Bonchev–Trinajstić information content (AvgIpc) is 3.37. The van der Waals surface area contributed by atoms with E-state index in [1.54, 1.807) is 11.1 Å². The predicted molar refractivity (Wildman–Crippen MR) is 132 cm³/mol. The molecule has 2 saturated heterocycles. The molecule has 0 spiro atoms. The molecule has 0 saturated carbocycles. The largest absolute Gasteiger partial charge is 0.377 e. The van der Waals surface area contributed by atoms with E-state index in [1.165, 1.54) is 6.21 Å². The summed E-state index contributed by atoms with van der Waals surface area (Å²) in [6.45, 7) is 5.55. The van der Waals surface area contributed by atoms with Crippen LogP contribution in [0.2, 0.25) is 0 Å². The van der Waals surface area contributed by atoms with Crippen molar-refractivity contribution in [1.82, 2.24) is 20.5 Å². The molecule has 0 bridgehead atoms. The molecule has 2 amide bonds. The highest BCUT2D eigenvalue weighted by atomic mass is 16.5. The number of morpholine rings is 1. The van der Waals surface area contributed by atoms with Gasteiger partial charge in [-0.05, 0) is 42.7 Å². The van der Waals surface area contributed by atoms with Gasteiger partial charge in [0.25, 0.3) is 0 Å². The van der Waals surface area contributed by atoms with E-state index in [-0.39, 0.29) is 12.1 Å². The fraction of sp³-hybridized carbons (Fsp3) is 0.333. The van der Waals surface area contributed by atoms with Crippen LogP contribution in [-0.4, -0.2) is 66.3 Å². The fourth-order valence-electron chi connectivity index (χ4n) is 4.39. The van der Waals surface area contributed by atoms with Gasteiger partial charge in [-0.1, -0.05) is 12.1 Å². The summed E-state index contributed by atoms with van der Waals surface area (Å²) in [5.74, 6) is 2.09. The number of aromatic amines is 1. The van der Waals surface area contributed by atoms with Crippen molar-refractivity contribution in [1.29, 1.82) is 5.41 Å². The number of carbonyl (C=O) groups excluding carboxylic acids is 1. The third-order valence-corrected chi connectivity index (χ3v) is 6.17. The van der Waals surface area contributed by atoms with Crippen LogP contribution < -0.4 is 20.4 Å². The van der Waals surface area contributed by atoms with Gasteiger partial charge < -0.3 is 25.7 Å². The van der Waals surface area contributed by atoms with Crippen molar-refractivity contribution in [2.75, 3.05) is 48.0 Å². The second kappa shape index (κ2) is 9.52. The Labute approximate surface area is 197 Å². The first kappa shape index (κ1) is 21.9. The predicted octanol–water partition coefficient (Wildman–Crippen LogP) is 3.36. The number of ether oxygens (including phenoxy) is 1. The van der Waals surface area contributed by atoms with Crippen molar-refractivity contribution in [3.8, 4) is 11.1 Å². The van der Waals surface area contributed by atoms with E-state index in [2.05, 4.69) is 32.7 Å². The van der Waals surface area contributed by atoms with Crippen LogP contribution >= 0.6 is 0 Å². The molecule has 3 aromatic rings. The summed E-state index contributed by atoms with van der Waals surface area (Å²) in [6, 6.07) is 11.8. The number of benzene rings is 1. The standard InChI is InChI=1S/C24H28N8O2/c1-16-15-34-12-11-31(16)22-13-19(20(14-25)23(29-22)28-21-7-9-27-30-21)17-3-5-18(6-4-17)32-10-2-8-26-24(32)33/h3-7,9,13-14,16,25H,2,8,10-12,15H2,1H3,(H,26,33)(H2,27,28,29,30)/t16-/m1/s1. The van der Waals surface area contributed by atoms with Gasteiger partial charge in [0.1, 0.15) is 17.5 Å². The van der Waals surface area contributed by atoms with Crippen LogP contribution in [0.5, 0.6) is 0 Å². The van der Waals surface area contributed by atoms with Gasteiger partial charge in [0.15, 0.2) is 0 Å². The van der Waals surface area contributed by atoms with Gasteiger partial charge >= 0.3 is 6.03 Å². The second-order valence-electron chi connectivity index (χ2n) is 8.43. The van der Waals surface area contributed by atoms with E-state index < -0.39 is 0 Å². The number of hydrogen-bond acceptors (Lipinski definition) is 7. The molecule has 2 aliphatic rings. The minimum atomic E-state index is -0.0715. The van der Waals surface area contributed by atoms with E-state index in [1.807, 2.05) is 36.4 Å². The summed E-state index contributed by atoms with van der Waals surface area (Å²) in [7, 11) is 0. The van der Waals surface area contributed by atoms with Crippen LogP contribution in [0.25, 0.3) is 11.1 Å². The van der Waals surface area contributed by atoms with Gasteiger partial charge in [-0.3, -0.25) is 10.00 Å². The number of nitrogens with one attached hydrogen (secondary N) is 4. The van der Waals surface area contributed by atoms with Crippen LogP contribution in [0.1, 0.15) is 18.9 Å². The Balaban J connectivity index is 1.56. The van der Waals surface area contributed by atoms with Crippen LogP contribution in [0.4, 0.5) is 27.9 Å². The Kier molecular flexibility index (Phi) is 6.13. The smallest absolute Gasteiger partial charge is 0.321 e. The van der Waals surface area contributed by atoms with Gasteiger partial charge in [0.05, 0.1) is 25.5 Å². The topological polar surface area (TPSA) is 122 Å². The number of rotatable bonds is 6. The Morgan fingerprint density at radius 2 is 2.09 bits per heavy atom. The number of aromatic nitrogens is 3. The molecular formula is C24H28N8O2. The molecule has 0 radical (unpaired) electrons. The molecule has 2 aromatic heterocycles. The monoisotopic (exact) mass is 460 g/mol. The van der Waals surface area contributed by atoms with E-state index in [9.17, 15) is 4.79 Å². The summed E-state index contributed by atoms with van der Waals surface area (Å²) < 4.78 is 5.62. The minimum Gasteiger partial charge on any atom is -0.377 e. The zero-order valence-corrected chi connectivity index (χ0v) is 19.0. The summed E-state index contributed by atoms with van der Waals surface area (Å²) in [4.78, 5) is 21.1. The number of amides is 2. The number of H-pyrrole nitrogens is 1. The van der Waals surface area contributed by atoms with Crippen LogP contribution in [-0.2, 0) is 4.74 Å². The Bertz CT molecular complexity index is 1160. The normalized spacial score (nSPS) is 18.5. The van der Waals surface area contributed by atoms with E-state index in [0.717, 1.165) is 35.6 Å². The highest BCUT2D eigenvalue weighted by molar-refractivity contribution is 5.97. The molecule has 1 atom stereocenters. The van der Waals surface area contributed by atoms with Gasteiger partial charge in [0.2, 0.25) is 0 Å². The third-order valence-electron chi connectivity index (χ3n) is 6.17. The molecule has 0 unspecified atom stereocenters. The van der Waals surface area contributed by atoms with Gasteiger partial charge in [-0.25, -0.2) is 9.78 Å². The first-order valence-corrected chi connectivity index (χ1v) is 11.5. The molecule has 0 aliphatic carbocycles. The van der Waals surface area contributed by atoms with Crippen molar-refractivity contribution >= 4 is 35.4 Å². The molecule has 10 heteroatoms. The van der Waals surface area contributed by atoms with Gasteiger partial charge in [-0.2, -0.15) is 5.10 Å². The van der Waals surface area contributed by atoms with Gasteiger partial charge in [-0.15, -0.1) is 0 Å². The lowest BCUT2D eigenvalue weighted by molar-refractivity contribution is 0.0985. The number of carbonyl (C=O) groups is 1. The first-order valence-electron chi connectivity index (χ1n) is 11.5. The molecule has 176 valence electrons. The van der Waals surface area contributed by atoms with Crippen molar-refractivity contribution in [2.24, 2.45) is 0 Å². The van der Waals surface area contributed by atoms with Crippen LogP contribution in [0, 0.1) is 5.41 Å². The molecule has 10 nitrogen and oxygen atoms in total. The highest BCUT2D eigenvalue weighted by Gasteiger charge is 2.24. The molecule has 4 heterocycles. The molecule has 34 heavy (non-hydrogen) atoms. The van der Waals surface area contributed by atoms with Crippen LogP contribution in [0.3, 0.4) is 0 Å². The summed E-state index contributed by atoms with van der Waals surface area (Å²) in [6.07, 6.45) is 3.90. The maximum atomic E-state index is 12.2. The Morgan fingerprint density at radius 3 is 2.79 bits per heavy atom. The van der Waals surface area contributed by atoms with Crippen molar-refractivity contribution < 1.29 is 9.53 Å². The minimum absolute atomic E-state index is 0.0715. The molecule has 1 aromatic carbocycles. The summed E-state index contributed by atoms with van der Waals surface area (Å²) in [5, 5.41) is 21.2. The molecule has 2 aliphatic heterocycles.